The fraction of sp³-hybridized carbons (Fsp3) is 0.300. The van der Waals surface area contributed by atoms with E-state index in [-0.39, 0.29) is 29.8 Å². The fourth-order valence-electron chi connectivity index (χ4n) is 3.63. The van der Waals surface area contributed by atoms with Crippen molar-refractivity contribution in [2.75, 3.05) is 13.1 Å². The molecule has 2 heterocycles. The van der Waals surface area contributed by atoms with Crippen molar-refractivity contribution >= 4 is 42.9 Å². The zero-order valence-corrected chi connectivity index (χ0v) is 18.0. The number of halogens is 1. The Labute approximate surface area is 177 Å². The van der Waals surface area contributed by atoms with Crippen molar-refractivity contribution in [3.05, 3.63) is 58.8 Å². The van der Waals surface area contributed by atoms with Crippen LogP contribution in [0.1, 0.15) is 31.1 Å². The molecule has 2 aromatic carbocycles. The van der Waals surface area contributed by atoms with Gasteiger partial charge in [-0.25, -0.2) is 18.1 Å². The Bertz CT molecular complexity index is 1110. The summed E-state index contributed by atoms with van der Waals surface area (Å²) in [5, 5.41) is 0. The van der Waals surface area contributed by atoms with E-state index >= 15 is 0 Å². The van der Waals surface area contributed by atoms with Crippen LogP contribution in [-0.2, 0) is 14.8 Å². The third-order valence-electron chi connectivity index (χ3n) is 5.03. The summed E-state index contributed by atoms with van der Waals surface area (Å²) in [6.07, 6.45) is 1.84. The summed E-state index contributed by atoms with van der Waals surface area (Å²) in [6, 6.07) is 14.1. The summed E-state index contributed by atoms with van der Waals surface area (Å²) in [4.78, 5) is 22.7. The SMILES string of the molecule is O=C(CCNS(=O)(=O)c1cccc(Br)c1)N1CCCC1c1nc2ccccc2[nH]1. The van der Waals surface area contributed by atoms with Crippen LogP contribution in [0.3, 0.4) is 0 Å². The number of hydrogen-bond acceptors (Lipinski definition) is 4. The van der Waals surface area contributed by atoms with Gasteiger partial charge >= 0.3 is 0 Å². The molecule has 1 aromatic heterocycles. The first-order valence-corrected chi connectivity index (χ1v) is 11.7. The van der Waals surface area contributed by atoms with Crippen LogP contribution < -0.4 is 4.72 Å². The number of amides is 1. The van der Waals surface area contributed by atoms with Crippen LogP contribution in [0.2, 0.25) is 0 Å². The van der Waals surface area contributed by atoms with E-state index in [1.165, 1.54) is 12.1 Å². The number of nitrogens with zero attached hydrogens (tertiary/aromatic N) is 2. The highest BCUT2D eigenvalue weighted by Gasteiger charge is 2.32. The number of benzene rings is 2. The molecule has 0 bridgehead atoms. The number of fused-ring (bicyclic) bond motifs is 1. The van der Waals surface area contributed by atoms with Crippen LogP contribution in [0.25, 0.3) is 11.0 Å². The van der Waals surface area contributed by atoms with Crippen LogP contribution in [0, 0.1) is 0 Å². The van der Waals surface area contributed by atoms with Crippen molar-refractivity contribution in [2.24, 2.45) is 0 Å². The van der Waals surface area contributed by atoms with E-state index in [4.69, 9.17) is 0 Å². The van der Waals surface area contributed by atoms with E-state index < -0.39 is 10.0 Å². The average molecular weight is 477 g/mol. The number of nitrogens with one attached hydrogen (secondary N) is 2. The van der Waals surface area contributed by atoms with Crippen molar-refractivity contribution in [2.45, 2.75) is 30.2 Å². The Morgan fingerprint density at radius 2 is 2.07 bits per heavy atom. The highest BCUT2D eigenvalue weighted by atomic mass is 79.9. The summed E-state index contributed by atoms with van der Waals surface area (Å²) in [6.45, 7) is 0.704. The molecule has 1 aliphatic rings. The van der Waals surface area contributed by atoms with E-state index in [1.807, 2.05) is 24.3 Å². The molecule has 1 atom stereocenters. The maximum absolute atomic E-state index is 12.8. The van der Waals surface area contributed by atoms with Crippen molar-refractivity contribution in [3.63, 3.8) is 0 Å². The normalized spacial score (nSPS) is 17.1. The molecular weight excluding hydrogens is 456 g/mol. The Morgan fingerprint density at radius 1 is 1.24 bits per heavy atom. The first-order chi connectivity index (χ1) is 13.9. The number of aromatic nitrogens is 2. The van der Waals surface area contributed by atoms with E-state index in [9.17, 15) is 13.2 Å². The van der Waals surface area contributed by atoms with E-state index in [2.05, 4.69) is 30.6 Å². The minimum atomic E-state index is -3.65. The summed E-state index contributed by atoms with van der Waals surface area (Å²) in [7, 11) is -3.65. The molecule has 1 aliphatic heterocycles. The smallest absolute Gasteiger partial charge is 0.240 e. The van der Waals surface area contributed by atoms with Gasteiger partial charge in [-0.15, -0.1) is 0 Å². The minimum absolute atomic E-state index is 0.0526. The molecule has 0 spiro atoms. The van der Waals surface area contributed by atoms with Crippen LogP contribution in [-0.4, -0.2) is 42.3 Å². The highest BCUT2D eigenvalue weighted by Crippen LogP contribution is 2.31. The summed E-state index contributed by atoms with van der Waals surface area (Å²) >= 11 is 3.27. The van der Waals surface area contributed by atoms with Crippen LogP contribution >= 0.6 is 15.9 Å². The fourth-order valence-corrected chi connectivity index (χ4v) is 5.26. The second kappa shape index (κ2) is 8.25. The van der Waals surface area contributed by atoms with Crippen LogP contribution in [0.15, 0.2) is 57.9 Å². The largest absolute Gasteiger partial charge is 0.340 e. The quantitative estimate of drug-likeness (QED) is 0.569. The van der Waals surface area contributed by atoms with Gasteiger partial charge in [0.1, 0.15) is 5.82 Å². The summed E-state index contributed by atoms with van der Waals surface area (Å²) < 4.78 is 28.0. The molecule has 7 nitrogen and oxygen atoms in total. The van der Waals surface area contributed by atoms with Gasteiger partial charge < -0.3 is 9.88 Å². The van der Waals surface area contributed by atoms with Crippen molar-refractivity contribution in [1.82, 2.24) is 19.6 Å². The zero-order chi connectivity index (χ0) is 20.4. The third-order valence-corrected chi connectivity index (χ3v) is 6.99. The van der Waals surface area contributed by atoms with Gasteiger partial charge in [-0.3, -0.25) is 4.79 Å². The van der Waals surface area contributed by atoms with Crippen LogP contribution in [0.5, 0.6) is 0 Å². The Balaban J connectivity index is 1.40. The highest BCUT2D eigenvalue weighted by molar-refractivity contribution is 9.10. The number of imidazole rings is 1. The van der Waals surface area contributed by atoms with Gasteiger partial charge in [0.25, 0.3) is 0 Å². The summed E-state index contributed by atoms with van der Waals surface area (Å²) in [5.41, 5.74) is 1.83. The van der Waals surface area contributed by atoms with Gasteiger partial charge in [-0.05, 0) is 43.2 Å². The van der Waals surface area contributed by atoms with Gasteiger partial charge in [0.15, 0.2) is 0 Å². The molecule has 29 heavy (non-hydrogen) atoms. The first kappa shape index (κ1) is 20.1. The molecule has 2 N–H and O–H groups in total. The third kappa shape index (κ3) is 4.36. The van der Waals surface area contributed by atoms with E-state index in [1.54, 1.807) is 17.0 Å². The zero-order valence-electron chi connectivity index (χ0n) is 15.6. The molecule has 1 amide bonds. The lowest BCUT2D eigenvalue weighted by molar-refractivity contribution is -0.132. The number of carbonyl (C=O) groups is 1. The number of sulfonamides is 1. The first-order valence-electron chi connectivity index (χ1n) is 9.43. The molecule has 4 rings (SSSR count). The predicted molar refractivity (Wildman–Crippen MR) is 114 cm³/mol. The van der Waals surface area contributed by atoms with Gasteiger partial charge in [0.05, 0.1) is 22.0 Å². The number of H-pyrrole nitrogens is 1. The topological polar surface area (TPSA) is 95.2 Å². The Morgan fingerprint density at radius 3 is 2.86 bits per heavy atom. The monoisotopic (exact) mass is 476 g/mol. The number of para-hydroxylation sites is 2. The number of likely N-dealkylation sites (tertiary alicyclic amines) is 1. The van der Waals surface area contributed by atoms with Crippen molar-refractivity contribution in [1.29, 1.82) is 0 Å². The number of carbonyl (C=O) groups excluding carboxylic acids is 1. The maximum atomic E-state index is 12.8. The molecule has 0 saturated carbocycles. The van der Waals surface area contributed by atoms with Crippen LogP contribution in [0.4, 0.5) is 0 Å². The van der Waals surface area contributed by atoms with Gasteiger partial charge in [-0.2, -0.15) is 0 Å². The minimum Gasteiger partial charge on any atom is -0.340 e. The van der Waals surface area contributed by atoms with E-state index in [0.717, 1.165) is 29.7 Å². The van der Waals surface area contributed by atoms with Crippen molar-refractivity contribution < 1.29 is 13.2 Å². The maximum Gasteiger partial charge on any atom is 0.240 e. The predicted octanol–water partition coefficient (Wildman–Crippen LogP) is 3.36. The lowest BCUT2D eigenvalue weighted by atomic mass is 10.2. The van der Waals surface area contributed by atoms with E-state index in [0.29, 0.717) is 11.0 Å². The molecule has 1 saturated heterocycles. The lowest BCUT2D eigenvalue weighted by Gasteiger charge is -2.23. The van der Waals surface area contributed by atoms with Gasteiger partial charge in [0.2, 0.25) is 15.9 Å². The molecule has 152 valence electrons. The van der Waals surface area contributed by atoms with Crippen molar-refractivity contribution in [3.8, 4) is 0 Å². The second-order valence-corrected chi connectivity index (χ2v) is 9.67. The molecule has 0 aliphatic carbocycles. The standard InChI is InChI=1S/C20H21BrN4O3S/c21-14-5-3-6-15(13-14)29(27,28)22-11-10-19(26)25-12-4-9-18(25)20-23-16-7-1-2-8-17(16)24-20/h1-3,5-8,13,18,22H,4,9-12H2,(H,23,24). The number of rotatable bonds is 6. The molecule has 1 fully saturated rings. The molecule has 0 radical (unpaired) electrons. The number of aromatic amines is 1. The van der Waals surface area contributed by atoms with Gasteiger partial charge in [-0.1, -0.05) is 34.1 Å². The Kier molecular flexibility index (Phi) is 5.71. The summed E-state index contributed by atoms with van der Waals surface area (Å²) in [5.74, 6) is 0.705. The van der Waals surface area contributed by atoms with Gasteiger partial charge in [0, 0.05) is 24.0 Å². The Hall–Kier alpha value is -2.23. The lowest BCUT2D eigenvalue weighted by Crippen LogP contribution is -2.34. The molecular formula is C20H21BrN4O3S. The number of hydrogen-bond donors (Lipinski definition) is 2. The molecule has 3 aromatic rings. The second-order valence-electron chi connectivity index (χ2n) is 6.99. The molecule has 9 heteroatoms. The molecule has 1 unspecified atom stereocenters. The average Bonchev–Trinajstić information content (AvgIpc) is 3.34.